The number of halogens is 1. The van der Waals surface area contributed by atoms with Crippen molar-refractivity contribution >= 4 is 17.5 Å². The quantitative estimate of drug-likeness (QED) is 0.307. The molecule has 2 atom stereocenters. The minimum atomic E-state index is -0.560. The third-order valence-corrected chi connectivity index (χ3v) is 4.44. The summed E-state index contributed by atoms with van der Waals surface area (Å²) in [6.07, 6.45) is 11.5. The van der Waals surface area contributed by atoms with Crippen LogP contribution in [0, 0.1) is 0 Å². The topological polar surface area (TPSA) is 29.5 Å². The van der Waals surface area contributed by atoms with Crippen molar-refractivity contribution < 1.29 is 9.53 Å². The van der Waals surface area contributed by atoms with Crippen molar-refractivity contribution in [3.63, 3.8) is 0 Å². The Morgan fingerprint density at radius 2 is 2.24 bits per heavy atom. The fraction of sp³-hybridized carbons (Fsp3) is 0.588. The van der Waals surface area contributed by atoms with Gasteiger partial charge in [0.25, 0.3) is 0 Å². The summed E-state index contributed by atoms with van der Waals surface area (Å²) in [6, 6.07) is -0.151. The number of alkyl halides is 1. The molecule has 0 radical (unpaired) electrons. The van der Waals surface area contributed by atoms with E-state index in [1.807, 2.05) is 38.2 Å². The summed E-state index contributed by atoms with van der Waals surface area (Å²) in [5.41, 5.74) is 1.17. The summed E-state index contributed by atoms with van der Waals surface area (Å²) < 4.78 is 5.59. The van der Waals surface area contributed by atoms with E-state index < -0.39 is 4.87 Å². The fourth-order valence-electron chi connectivity index (χ4n) is 2.57. The van der Waals surface area contributed by atoms with Gasteiger partial charge in [0.15, 0.2) is 0 Å². The number of rotatable bonds is 7. The molecule has 1 rings (SSSR count). The Morgan fingerprint density at radius 3 is 2.76 bits per heavy atom. The summed E-state index contributed by atoms with van der Waals surface area (Å²) in [5, 5.41) is 0. The molecule has 0 saturated heterocycles. The lowest BCUT2D eigenvalue weighted by Gasteiger charge is -2.43. The van der Waals surface area contributed by atoms with Crippen LogP contribution >= 0.6 is 11.6 Å². The molecule has 0 saturated carbocycles. The number of ether oxygens (including phenoxy) is 1. The monoisotopic (exact) mass is 311 g/mol. The molecule has 1 aliphatic rings. The minimum absolute atomic E-state index is 0.0198. The molecule has 0 aromatic rings. The Hall–Kier alpha value is -1.06. The maximum atomic E-state index is 12.1. The predicted molar refractivity (Wildman–Crippen MR) is 88.3 cm³/mol. The fourth-order valence-corrected chi connectivity index (χ4v) is 2.90. The van der Waals surface area contributed by atoms with E-state index in [1.54, 1.807) is 11.8 Å². The molecular weight excluding hydrogens is 286 g/mol. The average molecular weight is 312 g/mol. The highest BCUT2D eigenvalue weighted by Crippen LogP contribution is 2.37. The van der Waals surface area contributed by atoms with Crippen molar-refractivity contribution in [1.82, 2.24) is 4.90 Å². The van der Waals surface area contributed by atoms with Gasteiger partial charge in [0, 0.05) is 6.92 Å². The summed E-state index contributed by atoms with van der Waals surface area (Å²) >= 11 is 6.79. The maximum Gasteiger partial charge on any atom is 0.221 e. The van der Waals surface area contributed by atoms with Crippen LogP contribution < -0.4 is 0 Å². The summed E-state index contributed by atoms with van der Waals surface area (Å²) in [7, 11) is 0. The Morgan fingerprint density at radius 1 is 1.52 bits per heavy atom. The summed E-state index contributed by atoms with van der Waals surface area (Å²) in [4.78, 5) is 13.3. The molecule has 0 aromatic carbocycles. The number of hydrogen-bond acceptors (Lipinski definition) is 2. The van der Waals surface area contributed by atoms with Crippen LogP contribution in [0.3, 0.4) is 0 Å². The van der Waals surface area contributed by atoms with E-state index in [0.29, 0.717) is 6.61 Å². The van der Waals surface area contributed by atoms with E-state index in [-0.39, 0.29) is 18.7 Å². The van der Waals surface area contributed by atoms with Crippen LogP contribution in [0.25, 0.3) is 0 Å². The Bertz CT molecular complexity index is 442. The van der Waals surface area contributed by atoms with Crippen LogP contribution in [0.1, 0.15) is 40.5 Å². The first kappa shape index (κ1) is 18.0. The zero-order valence-electron chi connectivity index (χ0n) is 13.4. The van der Waals surface area contributed by atoms with Crippen LogP contribution in [0.5, 0.6) is 0 Å². The molecule has 4 heteroatoms. The molecule has 118 valence electrons. The van der Waals surface area contributed by atoms with Crippen LogP contribution in [0.15, 0.2) is 36.0 Å². The molecule has 1 amide bonds. The van der Waals surface area contributed by atoms with Crippen molar-refractivity contribution in [3.05, 3.63) is 36.0 Å². The van der Waals surface area contributed by atoms with Gasteiger partial charge in [0.2, 0.25) is 5.91 Å². The zero-order chi connectivity index (χ0) is 15.9. The second kappa shape index (κ2) is 8.40. The molecular formula is C17H26ClNO2. The van der Waals surface area contributed by atoms with Gasteiger partial charge >= 0.3 is 0 Å². The molecule has 2 unspecified atom stereocenters. The molecule has 0 aliphatic heterocycles. The third-order valence-electron chi connectivity index (χ3n) is 3.84. The molecule has 0 bridgehead atoms. The standard InChI is InChI=1S/C17H26ClNO2/c1-5-8-12-21-13-19(14(4)20)16-15(6-2)10-9-11-17(16,18)7-3/h5,8-11,16H,6-7,12-13H2,1-4H3/b8-5-. The van der Waals surface area contributed by atoms with E-state index in [0.717, 1.165) is 12.8 Å². The van der Waals surface area contributed by atoms with Gasteiger partial charge in [-0.05, 0) is 25.3 Å². The summed E-state index contributed by atoms with van der Waals surface area (Å²) in [6.45, 7) is 8.39. The van der Waals surface area contributed by atoms with E-state index >= 15 is 0 Å². The smallest absolute Gasteiger partial charge is 0.221 e. The first-order valence-corrected chi connectivity index (χ1v) is 7.91. The number of nitrogens with zero attached hydrogens (tertiary/aromatic N) is 1. The highest BCUT2D eigenvalue weighted by atomic mass is 35.5. The van der Waals surface area contributed by atoms with Crippen LogP contribution in [-0.4, -0.2) is 35.1 Å². The van der Waals surface area contributed by atoms with Gasteiger partial charge in [0.1, 0.15) is 6.73 Å². The van der Waals surface area contributed by atoms with Crippen molar-refractivity contribution in [3.8, 4) is 0 Å². The SMILES string of the molecule is C/C=C\COCN(C(C)=O)C1C(CC)=CC=CC1(Cl)CC. The first-order chi connectivity index (χ1) is 10.00. The normalized spacial score (nSPS) is 25.2. The number of allylic oxidation sites excluding steroid dienone is 3. The van der Waals surface area contributed by atoms with Gasteiger partial charge in [-0.3, -0.25) is 4.79 Å². The molecule has 0 aromatic heterocycles. The van der Waals surface area contributed by atoms with Crippen molar-refractivity contribution in [1.29, 1.82) is 0 Å². The van der Waals surface area contributed by atoms with Crippen LogP contribution in [-0.2, 0) is 9.53 Å². The van der Waals surface area contributed by atoms with E-state index in [2.05, 4.69) is 13.0 Å². The number of carbonyl (C=O) groups is 1. The van der Waals surface area contributed by atoms with Crippen molar-refractivity contribution in [2.24, 2.45) is 0 Å². The second-order valence-electron chi connectivity index (χ2n) is 5.19. The minimum Gasteiger partial charge on any atom is -0.357 e. The van der Waals surface area contributed by atoms with Gasteiger partial charge in [0.05, 0.1) is 17.5 Å². The van der Waals surface area contributed by atoms with E-state index in [4.69, 9.17) is 16.3 Å². The molecule has 0 fully saturated rings. The highest BCUT2D eigenvalue weighted by molar-refractivity contribution is 6.26. The highest BCUT2D eigenvalue weighted by Gasteiger charge is 2.41. The molecule has 1 aliphatic carbocycles. The lowest BCUT2D eigenvalue weighted by molar-refractivity contribution is -0.137. The maximum absolute atomic E-state index is 12.1. The Kier molecular flexibility index (Phi) is 7.20. The molecule has 21 heavy (non-hydrogen) atoms. The number of amides is 1. The molecule has 0 spiro atoms. The molecule has 0 N–H and O–H groups in total. The van der Waals surface area contributed by atoms with Gasteiger partial charge in [-0.1, -0.05) is 44.2 Å². The Balaban J connectivity index is 2.98. The second-order valence-corrected chi connectivity index (χ2v) is 5.90. The van der Waals surface area contributed by atoms with Gasteiger partial charge in [-0.15, -0.1) is 11.6 Å². The molecule has 3 nitrogen and oxygen atoms in total. The van der Waals surface area contributed by atoms with Crippen LogP contribution in [0.4, 0.5) is 0 Å². The predicted octanol–water partition coefficient (Wildman–Crippen LogP) is 4.05. The van der Waals surface area contributed by atoms with Crippen molar-refractivity contribution in [2.75, 3.05) is 13.3 Å². The number of hydrogen-bond donors (Lipinski definition) is 0. The largest absolute Gasteiger partial charge is 0.357 e. The lowest BCUT2D eigenvalue weighted by atomic mass is 9.83. The average Bonchev–Trinajstić information content (AvgIpc) is 2.47. The Labute approximate surface area is 133 Å². The van der Waals surface area contributed by atoms with E-state index in [1.165, 1.54) is 5.57 Å². The first-order valence-electron chi connectivity index (χ1n) is 7.53. The van der Waals surface area contributed by atoms with Gasteiger partial charge in [-0.25, -0.2) is 0 Å². The van der Waals surface area contributed by atoms with Gasteiger partial charge < -0.3 is 9.64 Å². The molecule has 0 heterocycles. The zero-order valence-corrected chi connectivity index (χ0v) is 14.2. The van der Waals surface area contributed by atoms with Gasteiger partial charge in [-0.2, -0.15) is 0 Å². The van der Waals surface area contributed by atoms with Crippen LogP contribution in [0.2, 0.25) is 0 Å². The number of carbonyl (C=O) groups excluding carboxylic acids is 1. The van der Waals surface area contributed by atoms with Crippen molar-refractivity contribution in [2.45, 2.75) is 51.5 Å². The lowest BCUT2D eigenvalue weighted by Crippen LogP contribution is -2.53. The van der Waals surface area contributed by atoms with E-state index in [9.17, 15) is 4.79 Å². The third kappa shape index (κ3) is 4.45. The summed E-state index contributed by atoms with van der Waals surface area (Å²) in [5.74, 6) is -0.0198.